The number of amides is 1. The number of fused-ring (bicyclic) bond motifs is 8. The van der Waals surface area contributed by atoms with Crippen LogP contribution in [-0.2, 0) is 42.9 Å². The molecule has 62 heavy (non-hydrogen) atoms. The molecule has 2 aromatic rings. The van der Waals surface area contributed by atoms with Gasteiger partial charge in [0.25, 0.3) is 0 Å². The second-order valence-electron chi connectivity index (χ2n) is 19.0. The van der Waals surface area contributed by atoms with Crippen LogP contribution in [0.2, 0.25) is 0 Å². The number of aromatic nitrogens is 1. The van der Waals surface area contributed by atoms with E-state index in [9.17, 15) is 29.1 Å². The number of ether oxygens (including phenoxy) is 4. The summed E-state index contributed by atoms with van der Waals surface area (Å²) in [5.74, 6) is -4.70. The van der Waals surface area contributed by atoms with Crippen LogP contribution in [0.25, 0.3) is 10.8 Å². The van der Waals surface area contributed by atoms with Crippen LogP contribution in [0.3, 0.4) is 0 Å². The maximum absolute atomic E-state index is 17.7. The molecule has 8 rings (SSSR count). The molecule has 13 nitrogen and oxygen atoms in total. The minimum Gasteiger partial charge on any atom is -0.461 e. The van der Waals surface area contributed by atoms with Crippen LogP contribution in [0.4, 0.5) is 10.1 Å². The number of nitrogens with zero attached hydrogens (tertiary/aromatic N) is 2. The van der Waals surface area contributed by atoms with Crippen molar-refractivity contribution in [3.63, 3.8) is 0 Å². The first-order valence-electron chi connectivity index (χ1n) is 21.5. The van der Waals surface area contributed by atoms with Crippen molar-refractivity contribution in [3.05, 3.63) is 84.3 Å². The van der Waals surface area contributed by atoms with Gasteiger partial charge in [0.1, 0.15) is 6.61 Å². The molecule has 14 heteroatoms. The van der Waals surface area contributed by atoms with E-state index in [2.05, 4.69) is 10.3 Å². The molecule has 2 N–H and O–H groups in total. The number of carbonyl (C=O) groups excluding carboxylic acids is 5. The second-order valence-corrected chi connectivity index (χ2v) is 19.0. The van der Waals surface area contributed by atoms with Crippen molar-refractivity contribution in [2.24, 2.45) is 28.6 Å². The SMILES string of the molecule is CN(C)C(C(=O)Nc1ccc2cnccc2c1)C1C=CC(COC(=O)CCC(=O)OCC(=O)[C@@]23OC(C)(C)O[C@@H]2C[C@H]2[C@@H]4CCC5=CC(=O)C=C[C@]5(C)[C@@]4(F)[C@@H](O)C[C@@]23C)=CC1. The molecule has 0 radical (unpaired) electrons. The van der Waals surface area contributed by atoms with E-state index in [1.165, 1.54) is 12.2 Å². The van der Waals surface area contributed by atoms with Crippen molar-refractivity contribution < 1.29 is 52.4 Å². The summed E-state index contributed by atoms with van der Waals surface area (Å²) in [5.41, 5.74) is -3.91. The van der Waals surface area contributed by atoms with Gasteiger partial charge < -0.3 is 29.4 Å². The Morgan fingerprint density at radius 3 is 2.52 bits per heavy atom. The molecule has 3 saturated carbocycles. The Labute approximate surface area is 360 Å². The van der Waals surface area contributed by atoms with Gasteiger partial charge in [-0.1, -0.05) is 42.9 Å². The third kappa shape index (κ3) is 7.26. The summed E-state index contributed by atoms with van der Waals surface area (Å²) < 4.78 is 41.5. The fourth-order valence-electron chi connectivity index (χ4n) is 11.8. The van der Waals surface area contributed by atoms with Crippen molar-refractivity contribution in [3.8, 4) is 0 Å². The van der Waals surface area contributed by atoms with Crippen LogP contribution in [0, 0.1) is 28.6 Å². The summed E-state index contributed by atoms with van der Waals surface area (Å²) in [4.78, 5) is 71.8. The minimum atomic E-state index is -2.10. The highest BCUT2D eigenvalue weighted by Gasteiger charge is 2.80. The zero-order chi connectivity index (χ0) is 44.4. The van der Waals surface area contributed by atoms with Gasteiger partial charge in [-0.2, -0.15) is 0 Å². The average Bonchev–Trinajstić information content (AvgIpc) is 3.64. The van der Waals surface area contributed by atoms with E-state index < -0.39 is 82.3 Å². The van der Waals surface area contributed by atoms with Crippen LogP contribution in [-0.4, -0.2) is 107 Å². The van der Waals surface area contributed by atoms with E-state index in [1.54, 1.807) is 39.2 Å². The van der Waals surface area contributed by atoms with Gasteiger partial charge in [0.2, 0.25) is 11.7 Å². The highest BCUT2D eigenvalue weighted by atomic mass is 19.1. The summed E-state index contributed by atoms with van der Waals surface area (Å²) >= 11 is 0. The molecule has 5 aliphatic carbocycles. The molecular weight excluding hydrogens is 798 g/mol. The normalized spacial score (nSPS) is 34.6. The number of anilines is 1. The summed E-state index contributed by atoms with van der Waals surface area (Å²) in [6.07, 6.45) is 12.3. The van der Waals surface area contributed by atoms with Crippen molar-refractivity contribution in [2.75, 3.05) is 32.6 Å². The van der Waals surface area contributed by atoms with Gasteiger partial charge in [-0.3, -0.25) is 33.9 Å². The molecular formula is C48H56FN3O10. The van der Waals surface area contributed by atoms with E-state index >= 15 is 4.39 Å². The maximum Gasteiger partial charge on any atom is 0.306 e. The number of rotatable bonds is 12. The number of likely N-dealkylation sites (N-methyl/N-ethyl adjacent to an activating group) is 1. The van der Waals surface area contributed by atoms with Crippen LogP contribution in [0.15, 0.2) is 84.3 Å². The number of pyridine rings is 1. The molecule has 330 valence electrons. The first-order chi connectivity index (χ1) is 29.3. The summed E-state index contributed by atoms with van der Waals surface area (Å²) in [6, 6.07) is 7.11. The zero-order valence-corrected chi connectivity index (χ0v) is 36.2. The van der Waals surface area contributed by atoms with E-state index in [0.717, 1.165) is 16.3 Å². The van der Waals surface area contributed by atoms with Gasteiger partial charge in [0.05, 0.1) is 31.1 Å². The van der Waals surface area contributed by atoms with Crippen LogP contribution in [0.1, 0.15) is 72.6 Å². The monoisotopic (exact) mass is 853 g/mol. The van der Waals surface area contributed by atoms with Crippen LogP contribution < -0.4 is 5.32 Å². The fourth-order valence-corrected chi connectivity index (χ4v) is 11.8. The predicted molar refractivity (Wildman–Crippen MR) is 226 cm³/mol. The number of carbonyl (C=O) groups is 5. The molecule has 6 aliphatic rings. The van der Waals surface area contributed by atoms with Crippen molar-refractivity contribution in [2.45, 2.75) is 108 Å². The standard InChI is InChI=1S/C48H56FN3O10/c1-44(2)61-39-23-36-35-14-12-32-22-34(53)17-19-45(32,3)47(35,49)37(54)24-46(36,4)48(39,62-44)38(55)27-60-41(57)16-15-40(56)59-26-28-7-9-29(10-8-28)42(52(5)6)43(58)51-33-13-11-31-25-50-20-18-30(31)21-33/h7-9,11,13,17-22,25,29,35-37,39,42,54H,10,12,14-16,23-24,26-27H2,1-6H3,(H,51,58)/t29?,35-,36-,37-,39+,42?,45-,46-,47-,48+/m0/s1. The van der Waals surface area contributed by atoms with Gasteiger partial charge in [-0.05, 0) is 114 Å². The summed E-state index contributed by atoms with van der Waals surface area (Å²) in [7, 11) is 3.71. The maximum atomic E-state index is 17.7. The molecule has 1 aromatic heterocycles. The molecule has 4 fully saturated rings. The lowest BCUT2D eigenvalue weighted by atomic mass is 9.44. The lowest BCUT2D eigenvalue weighted by molar-refractivity contribution is -0.246. The Hall–Kier alpha value is -4.89. The summed E-state index contributed by atoms with van der Waals surface area (Å²) in [5, 5.41) is 16.8. The molecule has 1 aromatic carbocycles. The topological polar surface area (TPSA) is 171 Å². The smallest absolute Gasteiger partial charge is 0.306 e. The Kier molecular flexibility index (Phi) is 11.3. The second kappa shape index (κ2) is 16.0. The molecule has 0 spiro atoms. The molecule has 0 bridgehead atoms. The van der Waals surface area contributed by atoms with Gasteiger partial charge in [0.15, 0.2) is 29.4 Å². The first-order valence-corrected chi connectivity index (χ1v) is 21.5. The largest absolute Gasteiger partial charge is 0.461 e. The van der Waals surface area contributed by atoms with Gasteiger partial charge in [0, 0.05) is 46.1 Å². The molecule has 1 amide bonds. The Morgan fingerprint density at radius 2 is 1.79 bits per heavy atom. The number of allylic oxidation sites excluding steroid dienone is 5. The minimum absolute atomic E-state index is 0.0185. The van der Waals surface area contributed by atoms with Crippen LogP contribution >= 0.6 is 0 Å². The Morgan fingerprint density at radius 1 is 1.03 bits per heavy atom. The third-order valence-corrected chi connectivity index (χ3v) is 14.7. The summed E-state index contributed by atoms with van der Waals surface area (Å²) in [6.45, 7) is 6.29. The number of nitrogens with one attached hydrogen (secondary N) is 1. The highest BCUT2D eigenvalue weighted by Crippen LogP contribution is 2.72. The van der Waals surface area contributed by atoms with Gasteiger partial charge in [-0.25, -0.2) is 4.39 Å². The predicted octanol–water partition coefficient (Wildman–Crippen LogP) is 5.91. The number of hydrogen-bond donors (Lipinski definition) is 2. The molecule has 2 heterocycles. The van der Waals surface area contributed by atoms with Gasteiger partial charge >= 0.3 is 11.9 Å². The van der Waals surface area contributed by atoms with E-state index in [1.807, 2.05) is 68.4 Å². The lowest BCUT2D eigenvalue weighted by Gasteiger charge is -2.62. The number of benzene rings is 1. The molecule has 1 saturated heterocycles. The Balaban J connectivity index is 0.840. The quantitative estimate of drug-likeness (QED) is 0.243. The first kappa shape index (κ1) is 43.7. The number of Topliss-reactive ketones (excluding diaryl/α,β-unsaturated/α-hetero) is 1. The third-order valence-electron chi connectivity index (χ3n) is 14.7. The Bertz CT molecular complexity index is 2320. The number of aliphatic hydroxyl groups excluding tert-OH is 1. The molecule has 2 unspecified atom stereocenters. The molecule has 10 atom stereocenters. The van der Waals surface area contributed by atoms with Gasteiger partial charge in [-0.15, -0.1) is 0 Å². The number of esters is 2. The van der Waals surface area contributed by atoms with Crippen molar-refractivity contribution in [1.82, 2.24) is 9.88 Å². The van der Waals surface area contributed by atoms with E-state index in [-0.39, 0.29) is 43.5 Å². The zero-order valence-electron chi connectivity index (χ0n) is 36.2. The molecule has 1 aliphatic heterocycles. The highest BCUT2D eigenvalue weighted by molar-refractivity contribution is 6.01. The fraction of sp³-hybridized carbons (Fsp3) is 0.542. The number of ketones is 2. The number of hydrogen-bond acceptors (Lipinski definition) is 12. The van der Waals surface area contributed by atoms with E-state index in [4.69, 9.17) is 18.9 Å². The number of aliphatic hydroxyl groups is 1. The van der Waals surface area contributed by atoms with E-state index in [0.29, 0.717) is 36.9 Å². The number of alkyl halides is 1. The lowest BCUT2D eigenvalue weighted by Crippen LogP contribution is -2.70. The van der Waals surface area contributed by atoms with Crippen LogP contribution in [0.5, 0.6) is 0 Å². The average molecular weight is 854 g/mol. The number of halogens is 1. The van der Waals surface area contributed by atoms with Crippen molar-refractivity contribution in [1.29, 1.82) is 0 Å². The van der Waals surface area contributed by atoms with Crippen molar-refractivity contribution >= 4 is 45.9 Å².